The molecule has 1 aliphatic heterocycles. The van der Waals surface area contributed by atoms with Crippen molar-refractivity contribution >= 4 is 35.8 Å². The molecule has 0 spiro atoms. The number of thioether (sulfide) groups is 2. The van der Waals surface area contributed by atoms with Gasteiger partial charge in [-0.1, -0.05) is 11.8 Å². The molecule has 0 amide bonds. The number of hydrogen-bond donors (Lipinski definition) is 2. The highest BCUT2D eigenvalue weighted by Crippen LogP contribution is 2.49. The van der Waals surface area contributed by atoms with Crippen molar-refractivity contribution in [1.29, 1.82) is 0 Å². The number of benzene rings is 1. The fourth-order valence-electron chi connectivity index (χ4n) is 2.07. The van der Waals surface area contributed by atoms with Crippen LogP contribution >= 0.6 is 23.5 Å². The summed E-state index contributed by atoms with van der Waals surface area (Å²) in [6, 6.07) is 4.11. The van der Waals surface area contributed by atoms with Gasteiger partial charge in [-0.05, 0) is 37.1 Å². The number of aliphatic hydroxyl groups is 1. The van der Waals surface area contributed by atoms with Crippen LogP contribution in [0.5, 0.6) is 0 Å². The fourth-order valence-corrected chi connectivity index (χ4v) is 4.78. The maximum atomic E-state index is 11.2. The molecule has 1 aromatic carbocycles. The maximum Gasteiger partial charge on any atom is 0.307 e. The lowest BCUT2D eigenvalue weighted by Crippen LogP contribution is -2.17. The van der Waals surface area contributed by atoms with E-state index >= 15 is 0 Å². The predicted octanol–water partition coefficient (Wildman–Crippen LogP) is 2.79. The predicted molar refractivity (Wildman–Crippen MR) is 83.8 cm³/mol. The average molecular weight is 324 g/mol. The summed E-state index contributed by atoms with van der Waals surface area (Å²) in [7, 11) is 0. The lowest BCUT2D eigenvalue weighted by molar-refractivity contribution is -0.136. The summed E-state index contributed by atoms with van der Waals surface area (Å²) in [5.74, 6) is -1.04. The summed E-state index contributed by atoms with van der Waals surface area (Å²) in [5.41, 5.74) is 2.56. The van der Waals surface area contributed by atoms with E-state index in [9.17, 15) is 14.7 Å². The number of aryl methyl sites for hydroxylation is 2. The minimum atomic E-state index is -1.04. The van der Waals surface area contributed by atoms with Gasteiger partial charge < -0.3 is 10.2 Å². The van der Waals surface area contributed by atoms with Crippen LogP contribution < -0.4 is 0 Å². The van der Waals surface area contributed by atoms with Crippen molar-refractivity contribution in [2.24, 2.45) is 0 Å². The molecule has 0 aromatic heterocycles. The molecule has 2 N–H and O–H groups in total. The topological polar surface area (TPSA) is 74.6 Å². The van der Waals surface area contributed by atoms with E-state index in [1.165, 1.54) is 29.1 Å². The Hall–Kier alpha value is -1.24. The van der Waals surface area contributed by atoms with Gasteiger partial charge in [-0.25, -0.2) is 0 Å². The lowest BCUT2D eigenvalue weighted by atomic mass is 10.1. The van der Waals surface area contributed by atoms with Gasteiger partial charge in [0.25, 0.3) is 0 Å². The zero-order chi connectivity index (χ0) is 15.6. The molecule has 4 nitrogen and oxygen atoms in total. The highest BCUT2D eigenvalue weighted by molar-refractivity contribution is 8.08. The van der Waals surface area contributed by atoms with Crippen molar-refractivity contribution in [3.05, 3.63) is 33.7 Å². The van der Waals surface area contributed by atoms with Crippen LogP contribution in [0.2, 0.25) is 0 Å². The van der Waals surface area contributed by atoms with Crippen molar-refractivity contribution in [1.82, 2.24) is 0 Å². The molecular weight excluding hydrogens is 308 g/mol. The van der Waals surface area contributed by atoms with Gasteiger partial charge >= 0.3 is 5.97 Å². The van der Waals surface area contributed by atoms with Gasteiger partial charge in [-0.15, -0.1) is 11.8 Å². The molecule has 0 aliphatic carbocycles. The van der Waals surface area contributed by atoms with Crippen LogP contribution in [-0.4, -0.2) is 34.3 Å². The number of aldehydes is 1. The van der Waals surface area contributed by atoms with Gasteiger partial charge in [-0.3, -0.25) is 9.59 Å². The van der Waals surface area contributed by atoms with Gasteiger partial charge in [0.2, 0.25) is 0 Å². The van der Waals surface area contributed by atoms with Crippen molar-refractivity contribution in [3.63, 3.8) is 0 Å². The zero-order valence-electron chi connectivity index (χ0n) is 11.8. The molecule has 1 heterocycles. The molecule has 112 valence electrons. The summed E-state index contributed by atoms with van der Waals surface area (Å²) in [6.45, 7) is 3.91. The number of fused-ring (bicyclic) bond motifs is 1. The van der Waals surface area contributed by atoms with E-state index in [4.69, 9.17) is 5.11 Å². The third-order valence-electron chi connectivity index (χ3n) is 3.31. The van der Waals surface area contributed by atoms with Gasteiger partial charge in [-0.2, -0.15) is 0 Å². The number of hydrogen-bond acceptors (Lipinski definition) is 5. The van der Waals surface area contributed by atoms with E-state index in [1.807, 2.05) is 19.9 Å². The van der Waals surface area contributed by atoms with E-state index in [-0.39, 0.29) is 23.9 Å². The number of carboxylic acid groups (broad SMARTS) is 1. The van der Waals surface area contributed by atoms with Crippen molar-refractivity contribution in [2.75, 3.05) is 6.61 Å². The fraction of sp³-hybridized carbons (Fsp3) is 0.333. The number of aliphatic carboxylic acids is 1. The Morgan fingerprint density at radius 3 is 2.43 bits per heavy atom. The summed E-state index contributed by atoms with van der Waals surface area (Å²) < 4.78 is 0. The molecule has 1 aromatic rings. The Kier molecular flexibility index (Phi) is 5.13. The second-order valence-electron chi connectivity index (χ2n) is 4.85. The van der Waals surface area contributed by atoms with Gasteiger partial charge in [0.05, 0.1) is 18.3 Å². The normalized spacial score (nSPS) is 19.9. The molecule has 1 unspecified atom stereocenters. The first-order valence-corrected chi connectivity index (χ1v) is 8.12. The molecular formula is C15H16O4S2. The van der Waals surface area contributed by atoms with Crippen LogP contribution in [0.25, 0.3) is 0 Å². The molecule has 0 saturated heterocycles. The molecule has 1 aliphatic rings. The van der Waals surface area contributed by atoms with E-state index in [0.717, 1.165) is 15.4 Å². The molecule has 0 radical (unpaired) electrons. The third kappa shape index (κ3) is 3.51. The smallest absolute Gasteiger partial charge is 0.307 e. The van der Waals surface area contributed by atoms with Crippen LogP contribution in [0.3, 0.4) is 0 Å². The maximum absolute atomic E-state index is 11.2. The van der Waals surface area contributed by atoms with E-state index < -0.39 is 5.97 Å². The number of carbonyl (C=O) groups is 2. The second kappa shape index (κ2) is 6.68. The van der Waals surface area contributed by atoms with Gasteiger partial charge in [0.15, 0.2) is 0 Å². The van der Waals surface area contributed by atoms with Crippen LogP contribution in [0.15, 0.2) is 32.4 Å². The van der Waals surface area contributed by atoms with E-state index in [2.05, 4.69) is 6.07 Å². The second-order valence-corrected chi connectivity index (χ2v) is 7.18. The Bertz CT molecular complexity index is 622. The summed E-state index contributed by atoms with van der Waals surface area (Å²) >= 11 is 2.87. The van der Waals surface area contributed by atoms with Gasteiger partial charge in [0.1, 0.15) is 6.29 Å². The lowest BCUT2D eigenvalue weighted by Gasteiger charge is -2.27. The Balaban J connectivity index is 2.48. The van der Waals surface area contributed by atoms with Crippen LogP contribution in [0, 0.1) is 13.8 Å². The first kappa shape index (κ1) is 16.1. The summed E-state index contributed by atoms with van der Waals surface area (Å²) in [6.07, 6.45) is 0.273. The summed E-state index contributed by atoms with van der Waals surface area (Å²) in [5, 5.41) is 18.2. The van der Waals surface area contributed by atoms with E-state index in [0.29, 0.717) is 11.2 Å². The van der Waals surface area contributed by atoms with Gasteiger partial charge in [0, 0.05) is 20.3 Å². The minimum absolute atomic E-state index is 0.129. The first-order valence-electron chi connectivity index (χ1n) is 6.43. The first-order chi connectivity index (χ1) is 9.96. The average Bonchev–Trinajstić information content (AvgIpc) is 2.44. The Morgan fingerprint density at radius 2 is 1.90 bits per heavy atom. The molecule has 6 heteroatoms. The molecule has 2 rings (SSSR count). The van der Waals surface area contributed by atoms with Crippen molar-refractivity contribution in [2.45, 2.75) is 35.3 Å². The Morgan fingerprint density at radius 1 is 1.29 bits per heavy atom. The highest BCUT2D eigenvalue weighted by Gasteiger charge is 2.28. The minimum Gasteiger partial charge on any atom is -0.481 e. The molecule has 0 bridgehead atoms. The summed E-state index contributed by atoms with van der Waals surface area (Å²) in [4.78, 5) is 24.8. The quantitative estimate of drug-likeness (QED) is 0.655. The number of carbonyl (C=O) groups excluding carboxylic acids is 1. The SMILES string of the molecule is Cc1cc2c(cc1C)SC(CO)/C(=C(/C=O)CC(=O)O)S2. The van der Waals surface area contributed by atoms with Crippen LogP contribution in [0.1, 0.15) is 17.5 Å². The number of carboxylic acids is 1. The highest BCUT2D eigenvalue weighted by atomic mass is 32.2. The Labute approximate surface area is 131 Å². The molecule has 0 fully saturated rings. The molecule has 1 atom stereocenters. The standard InChI is InChI=1S/C15H16O4S2/c1-8-3-11-12(4-9(8)2)21-15(13(7-17)20-11)10(6-16)5-14(18)19/h3-4,6,13,17H,5,7H2,1-2H3,(H,18,19)/b15-10-. The third-order valence-corrected chi connectivity index (χ3v) is 6.17. The van der Waals surface area contributed by atoms with Crippen molar-refractivity contribution in [3.8, 4) is 0 Å². The number of rotatable bonds is 4. The largest absolute Gasteiger partial charge is 0.481 e. The zero-order valence-corrected chi connectivity index (χ0v) is 13.4. The van der Waals surface area contributed by atoms with Crippen LogP contribution in [0.4, 0.5) is 0 Å². The number of aliphatic hydroxyl groups excluding tert-OH is 1. The van der Waals surface area contributed by atoms with E-state index in [1.54, 1.807) is 0 Å². The molecule has 0 saturated carbocycles. The molecule has 21 heavy (non-hydrogen) atoms. The monoisotopic (exact) mass is 324 g/mol. The van der Waals surface area contributed by atoms with Crippen LogP contribution in [-0.2, 0) is 9.59 Å². The van der Waals surface area contributed by atoms with Crippen molar-refractivity contribution < 1.29 is 19.8 Å².